The van der Waals surface area contributed by atoms with E-state index < -0.39 is 12.2 Å². The molecule has 1 aliphatic heterocycles. The molecule has 1 saturated heterocycles. The van der Waals surface area contributed by atoms with Gasteiger partial charge in [-0.2, -0.15) is 0 Å². The normalized spacial score (nSPS) is 17.0. The van der Waals surface area contributed by atoms with E-state index >= 15 is 0 Å². The average molecular weight is 420 g/mol. The van der Waals surface area contributed by atoms with Crippen LogP contribution in [0, 0.1) is 0 Å². The van der Waals surface area contributed by atoms with E-state index in [0.717, 1.165) is 5.56 Å². The maximum atomic E-state index is 13.2. The largest absolute Gasteiger partial charge is 0.496 e. The number of hydrogen-bond donors (Lipinski definition) is 0. The Morgan fingerprint density at radius 2 is 1.48 bits per heavy atom. The van der Waals surface area contributed by atoms with Crippen LogP contribution in [0.25, 0.3) is 0 Å². The topological polar surface area (TPSA) is 66.5 Å². The van der Waals surface area contributed by atoms with E-state index in [1.807, 2.05) is 42.5 Å². The summed E-state index contributed by atoms with van der Waals surface area (Å²) < 4.78 is 28.0. The summed E-state index contributed by atoms with van der Waals surface area (Å²) in [7, 11) is 4.69. The molecule has 3 aromatic carbocycles. The third kappa shape index (κ3) is 4.34. The zero-order valence-corrected chi connectivity index (χ0v) is 17.7. The Labute approximate surface area is 181 Å². The maximum absolute atomic E-state index is 13.2. The van der Waals surface area contributed by atoms with Gasteiger partial charge < -0.3 is 23.7 Å². The molecule has 1 heterocycles. The van der Waals surface area contributed by atoms with Gasteiger partial charge in [-0.1, -0.05) is 42.5 Å². The van der Waals surface area contributed by atoms with E-state index in [-0.39, 0.29) is 5.78 Å². The minimum atomic E-state index is -0.641. The maximum Gasteiger partial charge on any atom is 0.198 e. The lowest BCUT2D eigenvalue weighted by molar-refractivity contribution is 0.0949. The van der Waals surface area contributed by atoms with Crippen molar-refractivity contribution in [3.05, 3.63) is 83.4 Å². The van der Waals surface area contributed by atoms with Gasteiger partial charge in [-0.05, 0) is 17.7 Å². The predicted octanol–water partition coefficient (Wildman–Crippen LogP) is 4.61. The molecule has 0 spiro atoms. The predicted molar refractivity (Wildman–Crippen MR) is 115 cm³/mol. The van der Waals surface area contributed by atoms with Crippen molar-refractivity contribution in [3.8, 4) is 23.0 Å². The molecule has 0 bridgehead atoms. The highest BCUT2D eigenvalue weighted by molar-refractivity contribution is 6.03. The van der Waals surface area contributed by atoms with Crippen LogP contribution in [0.3, 0.4) is 0 Å². The molecule has 2 atom stereocenters. The Hall–Kier alpha value is -3.51. The number of carbonyl (C=O) groups is 1. The van der Waals surface area contributed by atoms with Crippen LogP contribution < -0.4 is 18.9 Å². The summed E-state index contributed by atoms with van der Waals surface area (Å²) in [6, 6.07) is 20.5. The van der Waals surface area contributed by atoms with Crippen molar-refractivity contribution in [1.29, 1.82) is 0 Å². The summed E-state index contributed by atoms with van der Waals surface area (Å²) >= 11 is 0. The van der Waals surface area contributed by atoms with Gasteiger partial charge >= 0.3 is 0 Å². The van der Waals surface area contributed by atoms with Crippen molar-refractivity contribution < 1.29 is 28.5 Å². The number of epoxide rings is 1. The van der Waals surface area contributed by atoms with Gasteiger partial charge in [0.05, 0.1) is 32.5 Å². The number of ether oxygens (including phenoxy) is 5. The number of hydrogen-bond acceptors (Lipinski definition) is 6. The smallest absolute Gasteiger partial charge is 0.198 e. The van der Waals surface area contributed by atoms with E-state index in [1.165, 1.54) is 0 Å². The molecule has 6 nitrogen and oxygen atoms in total. The Morgan fingerprint density at radius 3 is 2.13 bits per heavy atom. The van der Waals surface area contributed by atoms with Crippen LogP contribution in [0.4, 0.5) is 0 Å². The molecular weight excluding hydrogens is 396 g/mol. The molecule has 1 fully saturated rings. The lowest BCUT2D eigenvalue weighted by Gasteiger charge is -2.14. The molecule has 0 aliphatic carbocycles. The van der Waals surface area contributed by atoms with E-state index in [9.17, 15) is 4.79 Å². The van der Waals surface area contributed by atoms with Crippen LogP contribution in [0.2, 0.25) is 0 Å². The Kier molecular flexibility index (Phi) is 6.09. The molecule has 3 aromatic rings. The molecule has 6 heteroatoms. The van der Waals surface area contributed by atoms with Crippen molar-refractivity contribution in [3.63, 3.8) is 0 Å². The third-order valence-electron chi connectivity index (χ3n) is 5.18. The van der Waals surface area contributed by atoms with Gasteiger partial charge in [0.15, 0.2) is 11.9 Å². The van der Waals surface area contributed by atoms with Gasteiger partial charge in [-0.25, -0.2) is 0 Å². The van der Waals surface area contributed by atoms with Crippen molar-refractivity contribution >= 4 is 5.78 Å². The highest BCUT2D eigenvalue weighted by Gasteiger charge is 2.50. The van der Waals surface area contributed by atoms with E-state index in [2.05, 4.69) is 0 Å². The monoisotopic (exact) mass is 420 g/mol. The van der Waals surface area contributed by atoms with E-state index in [4.69, 9.17) is 23.7 Å². The van der Waals surface area contributed by atoms with Gasteiger partial charge in [0.25, 0.3) is 0 Å². The summed E-state index contributed by atoms with van der Waals surface area (Å²) in [5.74, 6) is 2.07. The second kappa shape index (κ2) is 9.10. The van der Waals surface area contributed by atoms with Crippen LogP contribution >= 0.6 is 0 Å². The number of benzene rings is 3. The summed E-state index contributed by atoms with van der Waals surface area (Å²) in [6.07, 6.45) is -1.11. The first-order valence-corrected chi connectivity index (χ1v) is 9.91. The minimum Gasteiger partial charge on any atom is -0.496 e. The summed E-state index contributed by atoms with van der Waals surface area (Å²) in [6.45, 7) is 0.375. The van der Waals surface area contributed by atoms with Crippen molar-refractivity contribution in [2.75, 3.05) is 21.3 Å². The summed E-state index contributed by atoms with van der Waals surface area (Å²) in [5.41, 5.74) is 2.20. The van der Waals surface area contributed by atoms with Crippen LogP contribution in [0.5, 0.6) is 23.0 Å². The number of rotatable bonds is 9. The van der Waals surface area contributed by atoms with Gasteiger partial charge in [-0.3, -0.25) is 4.79 Å². The van der Waals surface area contributed by atoms with Gasteiger partial charge in [0.2, 0.25) is 0 Å². The molecule has 31 heavy (non-hydrogen) atoms. The fraction of sp³-hybridized carbons (Fsp3) is 0.240. The van der Waals surface area contributed by atoms with E-state index in [0.29, 0.717) is 40.7 Å². The minimum absolute atomic E-state index is 0.145. The molecule has 1 aliphatic rings. The second-order valence-corrected chi connectivity index (χ2v) is 7.06. The first kappa shape index (κ1) is 20.8. The van der Waals surface area contributed by atoms with Crippen LogP contribution in [0.1, 0.15) is 27.6 Å². The summed E-state index contributed by atoms with van der Waals surface area (Å²) in [4.78, 5) is 13.2. The standard InChI is InChI=1S/C25H24O6/c1-27-17-13-20(28-2)22(21(14-17)29-3)24-25(31-24)23(26)18-11-7-8-12-19(18)30-15-16-9-5-4-6-10-16/h4-14,24-25H,15H2,1-3H3. The fourth-order valence-electron chi connectivity index (χ4n) is 3.53. The average Bonchev–Trinajstić information content (AvgIpc) is 3.62. The molecule has 2 unspecified atom stereocenters. The SMILES string of the molecule is COc1cc(OC)c(C2OC2C(=O)c2ccccc2OCc2ccccc2)c(OC)c1. The lowest BCUT2D eigenvalue weighted by atomic mass is 10.0. The first-order chi connectivity index (χ1) is 15.2. The Bertz CT molecular complexity index is 1040. The number of Topliss-reactive ketones (excluding diaryl/α,β-unsaturated/α-hetero) is 1. The molecule has 160 valence electrons. The van der Waals surface area contributed by atoms with Crippen LogP contribution in [0.15, 0.2) is 66.7 Å². The van der Waals surface area contributed by atoms with Gasteiger partial charge in [0, 0.05) is 12.1 Å². The van der Waals surface area contributed by atoms with Crippen LogP contribution in [-0.2, 0) is 11.3 Å². The molecule has 0 aromatic heterocycles. The Morgan fingerprint density at radius 1 is 0.839 bits per heavy atom. The van der Waals surface area contributed by atoms with Crippen LogP contribution in [-0.4, -0.2) is 33.2 Å². The quantitative estimate of drug-likeness (QED) is 0.372. The second-order valence-electron chi connectivity index (χ2n) is 7.06. The summed E-state index contributed by atoms with van der Waals surface area (Å²) in [5, 5.41) is 0. The molecule has 0 amide bonds. The first-order valence-electron chi connectivity index (χ1n) is 9.91. The zero-order chi connectivity index (χ0) is 21.8. The van der Waals surface area contributed by atoms with Crippen molar-refractivity contribution in [2.45, 2.75) is 18.8 Å². The fourth-order valence-corrected chi connectivity index (χ4v) is 3.53. The highest BCUT2D eigenvalue weighted by atomic mass is 16.6. The lowest BCUT2D eigenvalue weighted by Crippen LogP contribution is -2.11. The molecular formula is C25H24O6. The Balaban J connectivity index is 1.55. The molecule has 0 radical (unpaired) electrons. The number of ketones is 1. The number of carbonyl (C=O) groups excluding carboxylic acids is 1. The van der Waals surface area contributed by atoms with Gasteiger partial charge in [-0.15, -0.1) is 0 Å². The third-order valence-corrected chi connectivity index (χ3v) is 5.18. The zero-order valence-electron chi connectivity index (χ0n) is 17.7. The molecule has 0 N–H and O–H groups in total. The van der Waals surface area contributed by atoms with Crippen molar-refractivity contribution in [2.24, 2.45) is 0 Å². The van der Waals surface area contributed by atoms with Crippen molar-refractivity contribution in [1.82, 2.24) is 0 Å². The highest BCUT2D eigenvalue weighted by Crippen LogP contribution is 2.50. The number of para-hydroxylation sites is 1. The molecule has 0 saturated carbocycles. The van der Waals surface area contributed by atoms with Gasteiger partial charge in [0.1, 0.15) is 35.7 Å². The molecule has 4 rings (SSSR count). The number of methoxy groups -OCH3 is 3. The van der Waals surface area contributed by atoms with E-state index in [1.54, 1.807) is 45.6 Å².